The topological polar surface area (TPSA) is 21.8 Å². The van der Waals surface area contributed by atoms with Crippen molar-refractivity contribution >= 4 is 0 Å². The van der Waals surface area contributed by atoms with E-state index < -0.39 is 0 Å². The van der Waals surface area contributed by atoms with Crippen molar-refractivity contribution in [1.82, 2.24) is 0 Å². The average molecular weight is 325 g/mol. The third-order valence-electron chi connectivity index (χ3n) is 4.51. The second-order valence-electron chi connectivity index (χ2n) is 6.97. The lowest BCUT2D eigenvalue weighted by Gasteiger charge is -2.02. The lowest BCUT2D eigenvalue weighted by molar-refractivity contribution is 0.113. The van der Waals surface area contributed by atoms with Gasteiger partial charge in [0.15, 0.2) is 0 Å². The molecule has 1 fully saturated rings. The van der Waals surface area contributed by atoms with Gasteiger partial charge in [-0.3, -0.25) is 0 Å². The molecule has 0 N–H and O–H groups in total. The van der Waals surface area contributed by atoms with Crippen LogP contribution in [0.25, 0.3) is 0 Å². The maximum atomic E-state index is 5.54. The highest BCUT2D eigenvalue weighted by Crippen LogP contribution is 2.11. The van der Waals surface area contributed by atoms with Crippen LogP contribution in [0, 0.1) is 0 Å². The Morgan fingerprint density at radius 2 is 1.30 bits per heavy atom. The molecular weight excluding hydrogens is 284 g/mol. The van der Waals surface area contributed by atoms with Crippen LogP contribution in [0.3, 0.4) is 0 Å². The van der Waals surface area contributed by atoms with E-state index in [-0.39, 0.29) is 0 Å². The van der Waals surface area contributed by atoms with Gasteiger partial charge in [0, 0.05) is 6.61 Å². The predicted molar refractivity (Wildman–Crippen MR) is 100 cm³/mol. The van der Waals surface area contributed by atoms with Gasteiger partial charge >= 0.3 is 0 Å². The van der Waals surface area contributed by atoms with Gasteiger partial charge in [0.1, 0.15) is 6.10 Å². The van der Waals surface area contributed by atoms with Gasteiger partial charge in [0.25, 0.3) is 0 Å². The number of hydrogen-bond acceptors (Lipinski definition) is 2. The van der Waals surface area contributed by atoms with E-state index in [9.17, 15) is 0 Å². The molecule has 0 saturated carbocycles. The molecule has 0 aromatic rings. The first kappa shape index (κ1) is 20.7. The molecule has 136 valence electrons. The van der Waals surface area contributed by atoms with Crippen molar-refractivity contribution in [1.29, 1.82) is 0 Å². The molecule has 1 rings (SSSR count). The van der Waals surface area contributed by atoms with Gasteiger partial charge in [0.05, 0.1) is 13.2 Å². The highest BCUT2D eigenvalue weighted by Gasteiger charge is 2.21. The average Bonchev–Trinajstić information content (AvgIpc) is 3.38. The molecule has 0 aromatic carbocycles. The number of hydrogen-bond donors (Lipinski definition) is 0. The monoisotopic (exact) mass is 324 g/mol. The van der Waals surface area contributed by atoms with Crippen LogP contribution in [0.2, 0.25) is 0 Å². The van der Waals surface area contributed by atoms with Gasteiger partial charge in [0.2, 0.25) is 0 Å². The molecule has 1 aliphatic heterocycles. The summed E-state index contributed by atoms with van der Waals surface area (Å²) in [5, 5.41) is 0. The van der Waals surface area contributed by atoms with Crippen LogP contribution >= 0.6 is 0 Å². The maximum Gasteiger partial charge on any atom is 0.104 e. The van der Waals surface area contributed by atoms with E-state index in [1.807, 2.05) is 0 Å². The van der Waals surface area contributed by atoms with Crippen LogP contribution in [-0.4, -0.2) is 25.9 Å². The van der Waals surface area contributed by atoms with Gasteiger partial charge in [-0.1, -0.05) is 76.9 Å². The summed E-state index contributed by atoms with van der Waals surface area (Å²) in [6, 6.07) is 0. The van der Waals surface area contributed by atoms with Crippen LogP contribution in [0.4, 0.5) is 0 Å². The molecule has 0 spiro atoms. The Balaban J connectivity index is 1.65. The summed E-state index contributed by atoms with van der Waals surface area (Å²) >= 11 is 0. The Morgan fingerprint density at radius 1 is 0.783 bits per heavy atom. The summed E-state index contributed by atoms with van der Waals surface area (Å²) in [7, 11) is 0. The Hall–Kier alpha value is -0.340. The molecule has 0 amide bonds. The molecule has 0 radical (unpaired) electrons. The molecule has 0 aliphatic carbocycles. The molecule has 2 heteroatoms. The van der Waals surface area contributed by atoms with Crippen LogP contribution in [0.1, 0.15) is 96.8 Å². The number of ether oxygens (including phenoxy) is 2. The molecule has 0 aromatic heterocycles. The Morgan fingerprint density at radius 3 is 1.87 bits per heavy atom. The minimum Gasteiger partial charge on any atom is -0.379 e. The van der Waals surface area contributed by atoms with Gasteiger partial charge in [-0.15, -0.1) is 0 Å². The predicted octanol–water partition coefficient (Wildman–Crippen LogP) is 6.44. The van der Waals surface area contributed by atoms with Gasteiger partial charge in [-0.2, -0.15) is 0 Å². The molecule has 1 aliphatic rings. The van der Waals surface area contributed by atoms with Crippen molar-refractivity contribution in [2.45, 2.75) is 103 Å². The Kier molecular flexibility index (Phi) is 14.9. The van der Waals surface area contributed by atoms with Crippen molar-refractivity contribution in [2.75, 3.05) is 19.8 Å². The fraction of sp³-hybridized carbons (Fsp3) is 0.905. The highest BCUT2D eigenvalue weighted by molar-refractivity contribution is 4.81. The summed E-state index contributed by atoms with van der Waals surface area (Å²) in [5.74, 6) is 0. The molecule has 2 nitrogen and oxygen atoms in total. The first-order valence-electron chi connectivity index (χ1n) is 10.3. The van der Waals surface area contributed by atoms with Crippen LogP contribution in [-0.2, 0) is 9.47 Å². The second kappa shape index (κ2) is 16.5. The third kappa shape index (κ3) is 16.3. The third-order valence-corrected chi connectivity index (χ3v) is 4.51. The SMILES string of the molecule is CCCCCCCC/C=C/CCCCCCCCOCC1CO1. The first-order valence-corrected chi connectivity index (χ1v) is 10.3. The van der Waals surface area contributed by atoms with E-state index in [2.05, 4.69) is 19.1 Å². The van der Waals surface area contributed by atoms with Crippen molar-refractivity contribution in [3.63, 3.8) is 0 Å². The summed E-state index contributed by atoms with van der Waals surface area (Å²) in [6.45, 7) is 4.92. The van der Waals surface area contributed by atoms with Gasteiger partial charge in [-0.25, -0.2) is 0 Å². The lowest BCUT2D eigenvalue weighted by atomic mass is 10.1. The van der Waals surface area contributed by atoms with Crippen molar-refractivity contribution in [3.05, 3.63) is 12.2 Å². The largest absolute Gasteiger partial charge is 0.379 e. The highest BCUT2D eigenvalue weighted by atomic mass is 16.6. The molecule has 1 saturated heterocycles. The Labute approximate surface area is 145 Å². The molecule has 1 heterocycles. The van der Waals surface area contributed by atoms with Gasteiger partial charge in [-0.05, 0) is 32.1 Å². The zero-order valence-corrected chi connectivity index (χ0v) is 15.6. The zero-order valence-electron chi connectivity index (χ0n) is 15.6. The standard InChI is InChI=1S/C21H40O2/c1-2-3-4-5-6-7-8-9-10-11-12-13-14-15-16-17-18-22-19-21-20-23-21/h9-10,21H,2-8,11-20H2,1H3/b10-9+. The summed E-state index contributed by atoms with van der Waals surface area (Å²) < 4.78 is 10.7. The quantitative estimate of drug-likeness (QED) is 0.164. The second-order valence-corrected chi connectivity index (χ2v) is 6.97. The fourth-order valence-electron chi connectivity index (χ4n) is 2.83. The van der Waals surface area contributed by atoms with Crippen molar-refractivity contribution in [2.24, 2.45) is 0 Å². The van der Waals surface area contributed by atoms with Crippen LogP contribution < -0.4 is 0 Å². The molecule has 1 atom stereocenters. The maximum absolute atomic E-state index is 5.54. The minimum atomic E-state index is 0.420. The zero-order chi connectivity index (χ0) is 16.4. The van der Waals surface area contributed by atoms with E-state index in [0.29, 0.717) is 6.10 Å². The van der Waals surface area contributed by atoms with E-state index in [4.69, 9.17) is 9.47 Å². The lowest BCUT2D eigenvalue weighted by Crippen LogP contribution is -2.02. The molecular formula is C21H40O2. The van der Waals surface area contributed by atoms with E-state index in [0.717, 1.165) is 19.8 Å². The molecule has 23 heavy (non-hydrogen) atoms. The molecule has 1 unspecified atom stereocenters. The smallest absolute Gasteiger partial charge is 0.104 e. The summed E-state index contributed by atoms with van der Waals surface area (Å²) in [6.07, 6.45) is 24.3. The number of epoxide rings is 1. The number of unbranched alkanes of at least 4 members (excludes halogenated alkanes) is 12. The normalized spacial score (nSPS) is 17.2. The van der Waals surface area contributed by atoms with E-state index in [1.165, 1.54) is 89.9 Å². The van der Waals surface area contributed by atoms with Crippen LogP contribution in [0.5, 0.6) is 0 Å². The Bertz CT molecular complexity index is 259. The van der Waals surface area contributed by atoms with E-state index >= 15 is 0 Å². The van der Waals surface area contributed by atoms with Crippen LogP contribution in [0.15, 0.2) is 12.2 Å². The van der Waals surface area contributed by atoms with Gasteiger partial charge < -0.3 is 9.47 Å². The van der Waals surface area contributed by atoms with Crippen molar-refractivity contribution < 1.29 is 9.47 Å². The number of rotatable bonds is 18. The summed E-state index contributed by atoms with van der Waals surface area (Å²) in [4.78, 5) is 0. The fourth-order valence-corrected chi connectivity index (χ4v) is 2.83. The van der Waals surface area contributed by atoms with E-state index in [1.54, 1.807) is 0 Å². The minimum absolute atomic E-state index is 0.420. The molecule has 0 bridgehead atoms. The summed E-state index contributed by atoms with van der Waals surface area (Å²) in [5.41, 5.74) is 0. The number of allylic oxidation sites excluding steroid dienone is 2. The first-order chi connectivity index (χ1) is 11.4. The van der Waals surface area contributed by atoms with Crippen molar-refractivity contribution in [3.8, 4) is 0 Å².